The number of anilines is 1. The third kappa shape index (κ3) is 2.05. The molecule has 0 saturated heterocycles. The van der Waals surface area contributed by atoms with E-state index in [0.717, 1.165) is 16.7 Å². The van der Waals surface area contributed by atoms with Crippen molar-refractivity contribution in [2.24, 2.45) is 0 Å². The van der Waals surface area contributed by atoms with Crippen LogP contribution in [0.25, 0.3) is 10.9 Å². The summed E-state index contributed by atoms with van der Waals surface area (Å²) >= 11 is 0. The summed E-state index contributed by atoms with van der Waals surface area (Å²) in [4.78, 5) is 8.33. The number of aromatic nitrogens is 2. The van der Waals surface area contributed by atoms with Crippen LogP contribution in [0.1, 0.15) is 5.56 Å². The fourth-order valence-corrected chi connectivity index (χ4v) is 1.49. The molecule has 1 heterocycles. The lowest BCUT2D eigenvalue weighted by Crippen LogP contribution is -2.07. The summed E-state index contributed by atoms with van der Waals surface area (Å²) in [5.74, 6) is 0.776. The Labute approximate surface area is 88.0 Å². The largest absolute Gasteiger partial charge is 0.395 e. The second-order valence-corrected chi connectivity index (χ2v) is 3.39. The van der Waals surface area contributed by atoms with Crippen LogP contribution in [0.2, 0.25) is 0 Å². The number of nitrogens with one attached hydrogen (secondary N) is 1. The molecule has 0 amide bonds. The van der Waals surface area contributed by atoms with E-state index >= 15 is 0 Å². The van der Waals surface area contributed by atoms with Crippen LogP contribution in [0.15, 0.2) is 24.5 Å². The van der Waals surface area contributed by atoms with Crippen molar-refractivity contribution in [3.05, 3.63) is 30.1 Å². The summed E-state index contributed by atoms with van der Waals surface area (Å²) in [6, 6.07) is 6.02. The standard InChI is InChI=1S/C11H13N3O/c1-8-2-3-10-9(6-8)11(12-4-5-15)14-7-13-10/h2-3,6-7,15H,4-5H2,1H3,(H,12,13,14). The van der Waals surface area contributed by atoms with Gasteiger partial charge in [-0.2, -0.15) is 0 Å². The molecule has 15 heavy (non-hydrogen) atoms. The van der Waals surface area contributed by atoms with Gasteiger partial charge in [0, 0.05) is 11.9 Å². The van der Waals surface area contributed by atoms with Crippen molar-refractivity contribution in [3.63, 3.8) is 0 Å². The van der Waals surface area contributed by atoms with Crippen LogP contribution < -0.4 is 5.32 Å². The van der Waals surface area contributed by atoms with Crippen molar-refractivity contribution in [1.82, 2.24) is 9.97 Å². The number of hydrogen-bond donors (Lipinski definition) is 2. The van der Waals surface area contributed by atoms with E-state index in [1.807, 2.05) is 25.1 Å². The van der Waals surface area contributed by atoms with Crippen LogP contribution in [0.4, 0.5) is 5.82 Å². The summed E-state index contributed by atoms with van der Waals surface area (Å²) in [6.45, 7) is 2.62. The third-order valence-electron chi connectivity index (χ3n) is 2.20. The lowest BCUT2D eigenvalue weighted by molar-refractivity contribution is 0.311. The maximum atomic E-state index is 8.75. The molecule has 0 aliphatic rings. The molecular formula is C11H13N3O. The Hall–Kier alpha value is -1.68. The molecule has 0 fully saturated rings. The van der Waals surface area contributed by atoms with E-state index in [4.69, 9.17) is 5.11 Å². The van der Waals surface area contributed by atoms with Crippen molar-refractivity contribution in [1.29, 1.82) is 0 Å². The molecule has 78 valence electrons. The fourth-order valence-electron chi connectivity index (χ4n) is 1.49. The van der Waals surface area contributed by atoms with Gasteiger partial charge in [0.15, 0.2) is 0 Å². The molecule has 0 radical (unpaired) electrons. The van der Waals surface area contributed by atoms with Crippen LogP contribution in [0, 0.1) is 6.92 Å². The van der Waals surface area contributed by atoms with Crippen LogP contribution in [-0.4, -0.2) is 28.2 Å². The molecule has 2 aromatic rings. The summed E-state index contributed by atoms with van der Waals surface area (Å²) in [7, 11) is 0. The van der Waals surface area contributed by atoms with Gasteiger partial charge in [0.25, 0.3) is 0 Å². The SMILES string of the molecule is Cc1ccc2ncnc(NCCO)c2c1. The molecule has 4 nitrogen and oxygen atoms in total. The van der Waals surface area contributed by atoms with Crippen molar-refractivity contribution in [3.8, 4) is 0 Å². The van der Waals surface area contributed by atoms with Gasteiger partial charge in [-0.15, -0.1) is 0 Å². The van der Waals surface area contributed by atoms with E-state index in [1.165, 1.54) is 11.9 Å². The zero-order chi connectivity index (χ0) is 10.7. The Bertz CT molecular complexity index is 470. The van der Waals surface area contributed by atoms with Crippen LogP contribution in [0.3, 0.4) is 0 Å². The number of benzene rings is 1. The molecule has 0 saturated carbocycles. The normalized spacial score (nSPS) is 10.5. The molecule has 4 heteroatoms. The first-order chi connectivity index (χ1) is 7.31. The molecule has 0 spiro atoms. The first-order valence-electron chi connectivity index (χ1n) is 4.87. The highest BCUT2D eigenvalue weighted by Crippen LogP contribution is 2.19. The number of aliphatic hydroxyl groups excluding tert-OH is 1. The Morgan fingerprint density at radius 2 is 2.20 bits per heavy atom. The van der Waals surface area contributed by atoms with Crippen LogP contribution in [0.5, 0.6) is 0 Å². The minimum absolute atomic E-state index is 0.0946. The van der Waals surface area contributed by atoms with Gasteiger partial charge in [-0.25, -0.2) is 9.97 Å². The van der Waals surface area contributed by atoms with E-state index in [1.54, 1.807) is 0 Å². The maximum Gasteiger partial charge on any atom is 0.137 e. The fraction of sp³-hybridized carbons (Fsp3) is 0.273. The van der Waals surface area contributed by atoms with Gasteiger partial charge in [0.2, 0.25) is 0 Å². The molecule has 1 aromatic heterocycles. The molecule has 1 aromatic carbocycles. The highest BCUT2D eigenvalue weighted by atomic mass is 16.3. The second-order valence-electron chi connectivity index (χ2n) is 3.39. The van der Waals surface area contributed by atoms with Crippen molar-refractivity contribution >= 4 is 16.7 Å². The summed E-state index contributed by atoms with van der Waals surface area (Å²) < 4.78 is 0. The topological polar surface area (TPSA) is 58.0 Å². The van der Waals surface area contributed by atoms with Crippen molar-refractivity contribution in [2.45, 2.75) is 6.92 Å². The van der Waals surface area contributed by atoms with E-state index in [2.05, 4.69) is 15.3 Å². The van der Waals surface area contributed by atoms with Crippen LogP contribution >= 0.6 is 0 Å². The minimum atomic E-state index is 0.0946. The Morgan fingerprint density at radius 3 is 3.00 bits per heavy atom. The number of hydrogen-bond acceptors (Lipinski definition) is 4. The van der Waals surface area contributed by atoms with Gasteiger partial charge >= 0.3 is 0 Å². The van der Waals surface area contributed by atoms with Gasteiger partial charge in [0.05, 0.1) is 12.1 Å². The number of aliphatic hydroxyl groups is 1. The molecule has 2 N–H and O–H groups in total. The first-order valence-corrected chi connectivity index (χ1v) is 4.87. The van der Waals surface area contributed by atoms with Gasteiger partial charge in [0.1, 0.15) is 12.1 Å². The maximum absolute atomic E-state index is 8.75. The number of fused-ring (bicyclic) bond motifs is 1. The molecule has 2 rings (SSSR count). The highest BCUT2D eigenvalue weighted by molar-refractivity contribution is 5.89. The lowest BCUT2D eigenvalue weighted by atomic mass is 10.1. The Kier molecular flexibility index (Phi) is 2.78. The predicted octanol–water partition coefficient (Wildman–Crippen LogP) is 1.34. The lowest BCUT2D eigenvalue weighted by Gasteiger charge is -2.06. The third-order valence-corrected chi connectivity index (χ3v) is 2.20. The monoisotopic (exact) mass is 203 g/mol. The minimum Gasteiger partial charge on any atom is -0.395 e. The first kappa shape index (κ1) is 9.86. The zero-order valence-electron chi connectivity index (χ0n) is 8.57. The van der Waals surface area contributed by atoms with Crippen LogP contribution in [-0.2, 0) is 0 Å². The molecule has 0 unspecified atom stereocenters. The number of nitrogens with zero attached hydrogens (tertiary/aromatic N) is 2. The molecule has 0 atom stereocenters. The Balaban J connectivity index is 2.48. The Morgan fingerprint density at radius 1 is 1.33 bits per heavy atom. The van der Waals surface area contributed by atoms with Crippen molar-refractivity contribution in [2.75, 3.05) is 18.5 Å². The van der Waals surface area contributed by atoms with Gasteiger partial charge < -0.3 is 10.4 Å². The van der Waals surface area contributed by atoms with Crippen molar-refractivity contribution < 1.29 is 5.11 Å². The van der Waals surface area contributed by atoms with Gasteiger partial charge in [-0.1, -0.05) is 11.6 Å². The van der Waals surface area contributed by atoms with Gasteiger partial charge in [-0.05, 0) is 19.1 Å². The molecule has 0 bridgehead atoms. The van der Waals surface area contributed by atoms with E-state index in [-0.39, 0.29) is 6.61 Å². The van der Waals surface area contributed by atoms with E-state index in [9.17, 15) is 0 Å². The summed E-state index contributed by atoms with van der Waals surface area (Å²) in [6.07, 6.45) is 1.53. The average molecular weight is 203 g/mol. The highest BCUT2D eigenvalue weighted by Gasteiger charge is 2.02. The average Bonchev–Trinajstić information content (AvgIpc) is 2.26. The quantitative estimate of drug-likeness (QED) is 0.790. The predicted molar refractivity (Wildman–Crippen MR) is 59.9 cm³/mol. The summed E-state index contributed by atoms with van der Waals surface area (Å²) in [5, 5.41) is 12.8. The van der Waals surface area contributed by atoms with Gasteiger partial charge in [-0.3, -0.25) is 0 Å². The second kappa shape index (κ2) is 4.23. The zero-order valence-corrected chi connectivity index (χ0v) is 8.57. The van der Waals surface area contributed by atoms with E-state index in [0.29, 0.717) is 6.54 Å². The smallest absolute Gasteiger partial charge is 0.137 e. The van der Waals surface area contributed by atoms with E-state index < -0.39 is 0 Å². The molecular weight excluding hydrogens is 190 g/mol. The summed E-state index contributed by atoms with van der Waals surface area (Å²) in [5.41, 5.74) is 2.08. The molecule has 0 aliphatic heterocycles. The number of rotatable bonds is 3. The number of aryl methyl sites for hydroxylation is 1. The molecule has 0 aliphatic carbocycles.